The molecule has 0 atom stereocenters. The topological polar surface area (TPSA) is 62.3 Å². The molecule has 1 aromatic heterocycles. The van der Waals surface area contributed by atoms with E-state index in [1.54, 1.807) is 0 Å². The molecule has 1 aliphatic carbocycles. The molecular formula is C37H37NO3. The van der Waals surface area contributed by atoms with Gasteiger partial charge in [0.05, 0.1) is 12.1 Å². The largest absolute Gasteiger partial charge is 0.493 e. The zero-order valence-electron chi connectivity index (χ0n) is 23.9. The number of allylic oxidation sites excluding steroid dienone is 2. The van der Waals surface area contributed by atoms with Crippen LogP contribution in [0.25, 0.3) is 32.8 Å². The molecule has 41 heavy (non-hydrogen) atoms. The van der Waals surface area contributed by atoms with Gasteiger partial charge in [-0.25, -0.2) is 4.79 Å². The molecule has 0 aliphatic heterocycles. The molecule has 0 amide bonds. The van der Waals surface area contributed by atoms with Crippen LogP contribution in [0.1, 0.15) is 84.6 Å². The third-order valence-electron chi connectivity index (χ3n) is 8.45. The number of nitrogens with one attached hydrogen (secondary N) is 1. The van der Waals surface area contributed by atoms with Crippen molar-refractivity contribution in [1.82, 2.24) is 4.98 Å². The number of ether oxygens (including phenoxy) is 1. The van der Waals surface area contributed by atoms with Crippen LogP contribution in [0.5, 0.6) is 5.75 Å². The van der Waals surface area contributed by atoms with Crippen LogP contribution in [0.2, 0.25) is 0 Å². The minimum atomic E-state index is -0.917. The molecule has 4 nitrogen and oxygen atoms in total. The SMILES string of the molecule is CC(C)c1ccc(C2=C(c3cccc4c(CCCOc5cccc6ccccc56)c(C(=O)O)[nH]c34)CCCC2)cc1. The van der Waals surface area contributed by atoms with Crippen LogP contribution in [-0.4, -0.2) is 22.7 Å². The molecule has 0 bridgehead atoms. The number of carboxylic acid groups (broad SMARTS) is 1. The minimum Gasteiger partial charge on any atom is -0.493 e. The monoisotopic (exact) mass is 543 g/mol. The number of benzene rings is 4. The zero-order chi connectivity index (χ0) is 28.3. The number of aromatic carboxylic acids is 1. The summed E-state index contributed by atoms with van der Waals surface area (Å²) in [6, 6.07) is 29.6. The Hall–Kier alpha value is -4.31. The van der Waals surface area contributed by atoms with Gasteiger partial charge in [0.2, 0.25) is 0 Å². The van der Waals surface area contributed by atoms with E-state index in [0.29, 0.717) is 18.9 Å². The van der Waals surface area contributed by atoms with Gasteiger partial charge in [0.1, 0.15) is 11.4 Å². The molecule has 0 unspecified atom stereocenters. The maximum atomic E-state index is 12.4. The molecule has 5 aromatic rings. The quantitative estimate of drug-likeness (QED) is 0.182. The zero-order valence-corrected chi connectivity index (χ0v) is 23.9. The molecule has 0 saturated carbocycles. The lowest BCUT2D eigenvalue weighted by molar-refractivity contribution is 0.0690. The number of fused-ring (bicyclic) bond motifs is 2. The van der Waals surface area contributed by atoms with Gasteiger partial charge in [-0.3, -0.25) is 0 Å². The summed E-state index contributed by atoms with van der Waals surface area (Å²) >= 11 is 0. The molecule has 2 N–H and O–H groups in total. The van der Waals surface area contributed by atoms with Crippen molar-refractivity contribution in [3.05, 3.63) is 113 Å². The normalized spacial score (nSPS) is 13.8. The molecule has 208 valence electrons. The predicted molar refractivity (Wildman–Crippen MR) is 169 cm³/mol. The summed E-state index contributed by atoms with van der Waals surface area (Å²) in [5.41, 5.74) is 8.55. The Balaban J connectivity index is 1.31. The average Bonchev–Trinajstić information content (AvgIpc) is 3.38. The van der Waals surface area contributed by atoms with Gasteiger partial charge in [-0.15, -0.1) is 0 Å². The van der Waals surface area contributed by atoms with Crippen LogP contribution in [0.3, 0.4) is 0 Å². The van der Waals surface area contributed by atoms with Crippen molar-refractivity contribution in [2.24, 2.45) is 0 Å². The van der Waals surface area contributed by atoms with E-state index >= 15 is 0 Å². The van der Waals surface area contributed by atoms with Gasteiger partial charge in [-0.05, 0) is 83.7 Å². The number of hydrogen-bond donors (Lipinski definition) is 2. The summed E-state index contributed by atoms with van der Waals surface area (Å²) < 4.78 is 6.17. The van der Waals surface area contributed by atoms with Crippen LogP contribution in [0, 0.1) is 0 Å². The Morgan fingerprint density at radius 1 is 0.854 bits per heavy atom. The van der Waals surface area contributed by atoms with Crippen LogP contribution >= 0.6 is 0 Å². The molecule has 0 fully saturated rings. The third-order valence-corrected chi connectivity index (χ3v) is 8.45. The summed E-state index contributed by atoms with van der Waals surface area (Å²) in [6.07, 6.45) is 5.70. The number of aromatic nitrogens is 1. The Kier molecular flexibility index (Phi) is 7.65. The first-order valence-electron chi connectivity index (χ1n) is 14.8. The van der Waals surface area contributed by atoms with Crippen molar-refractivity contribution in [1.29, 1.82) is 0 Å². The number of rotatable bonds is 9. The third kappa shape index (κ3) is 5.39. The van der Waals surface area contributed by atoms with Crippen molar-refractivity contribution < 1.29 is 14.6 Å². The van der Waals surface area contributed by atoms with Crippen molar-refractivity contribution in [2.45, 2.75) is 58.3 Å². The molecule has 1 heterocycles. The van der Waals surface area contributed by atoms with Gasteiger partial charge in [-0.1, -0.05) is 92.7 Å². The molecule has 4 heteroatoms. The Bertz CT molecular complexity index is 1730. The van der Waals surface area contributed by atoms with E-state index in [-0.39, 0.29) is 5.69 Å². The first-order chi connectivity index (χ1) is 20.0. The Morgan fingerprint density at radius 2 is 1.56 bits per heavy atom. The highest BCUT2D eigenvalue weighted by Gasteiger charge is 2.23. The van der Waals surface area contributed by atoms with Crippen molar-refractivity contribution in [3.63, 3.8) is 0 Å². The lowest BCUT2D eigenvalue weighted by atomic mass is 9.83. The standard InChI is InChI=1S/C37H37NO3/c1-24(2)25-19-21-27(22-20-25)28-12-5-6-14-30(28)31-15-8-16-32-33(36(37(39)40)38-35(31)32)17-9-23-41-34-18-7-11-26-10-3-4-13-29(26)34/h3-4,7-8,10-11,13,15-16,18-22,24,38H,5-6,9,12,14,17,23H2,1-2H3,(H,39,40). The summed E-state index contributed by atoms with van der Waals surface area (Å²) in [7, 11) is 0. The maximum Gasteiger partial charge on any atom is 0.352 e. The number of para-hydroxylation sites is 1. The van der Waals surface area contributed by atoms with E-state index in [1.807, 2.05) is 24.3 Å². The maximum absolute atomic E-state index is 12.4. The van der Waals surface area contributed by atoms with Crippen LogP contribution in [-0.2, 0) is 6.42 Å². The molecular weight excluding hydrogens is 506 g/mol. The highest BCUT2D eigenvalue weighted by Crippen LogP contribution is 2.41. The molecule has 0 radical (unpaired) electrons. The number of carbonyl (C=O) groups is 1. The van der Waals surface area contributed by atoms with E-state index in [2.05, 4.69) is 79.5 Å². The summed E-state index contributed by atoms with van der Waals surface area (Å²) in [6.45, 7) is 4.96. The van der Waals surface area contributed by atoms with Gasteiger partial charge in [-0.2, -0.15) is 0 Å². The average molecular weight is 544 g/mol. The fourth-order valence-electron chi connectivity index (χ4n) is 6.31. The summed E-state index contributed by atoms with van der Waals surface area (Å²) in [5.74, 6) is 0.446. The molecule has 6 rings (SSSR count). The first-order valence-corrected chi connectivity index (χ1v) is 14.8. The Labute approximate surface area is 241 Å². The van der Waals surface area contributed by atoms with Gasteiger partial charge in [0, 0.05) is 16.3 Å². The van der Waals surface area contributed by atoms with Crippen molar-refractivity contribution >= 4 is 38.8 Å². The predicted octanol–water partition coefficient (Wildman–Crippen LogP) is 9.64. The first kappa shape index (κ1) is 26.9. The second-order valence-corrected chi connectivity index (χ2v) is 11.4. The molecule has 1 aliphatic rings. The van der Waals surface area contributed by atoms with Crippen LogP contribution in [0.15, 0.2) is 84.9 Å². The molecule has 4 aromatic carbocycles. The summed E-state index contributed by atoms with van der Waals surface area (Å²) in [4.78, 5) is 15.7. The number of H-pyrrole nitrogens is 1. The molecule has 0 saturated heterocycles. The fraction of sp³-hybridized carbons (Fsp3) is 0.270. The number of aryl methyl sites for hydroxylation is 1. The smallest absolute Gasteiger partial charge is 0.352 e. The second kappa shape index (κ2) is 11.7. The van der Waals surface area contributed by atoms with E-state index < -0.39 is 5.97 Å². The second-order valence-electron chi connectivity index (χ2n) is 11.4. The van der Waals surface area contributed by atoms with Gasteiger partial charge < -0.3 is 14.8 Å². The van der Waals surface area contributed by atoms with Gasteiger partial charge in [0.15, 0.2) is 0 Å². The number of aromatic amines is 1. The highest BCUT2D eigenvalue weighted by atomic mass is 16.5. The summed E-state index contributed by atoms with van der Waals surface area (Å²) in [5, 5.41) is 13.4. The van der Waals surface area contributed by atoms with Crippen LogP contribution in [0.4, 0.5) is 0 Å². The van der Waals surface area contributed by atoms with E-state index in [1.165, 1.54) is 28.7 Å². The minimum absolute atomic E-state index is 0.289. The molecule has 0 spiro atoms. The highest BCUT2D eigenvalue weighted by molar-refractivity contribution is 6.05. The van der Waals surface area contributed by atoms with Crippen molar-refractivity contribution in [3.8, 4) is 5.75 Å². The van der Waals surface area contributed by atoms with E-state index in [0.717, 1.165) is 64.2 Å². The lowest BCUT2D eigenvalue weighted by Gasteiger charge is -2.22. The van der Waals surface area contributed by atoms with E-state index in [4.69, 9.17) is 4.74 Å². The van der Waals surface area contributed by atoms with Gasteiger partial charge >= 0.3 is 5.97 Å². The van der Waals surface area contributed by atoms with E-state index in [9.17, 15) is 9.90 Å². The Morgan fingerprint density at radius 3 is 2.34 bits per heavy atom. The van der Waals surface area contributed by atoms with Crippen molar-refractivity contribution in [2.75, 3.05) is 6.61 Å². The lowest BCUT2D eigenvalue weighted by Crippen LogP contribution is -2.04. The van der Waals surface area contributed by atoms with Gasteiger partial charge in [0.25, 0.3) is 0 Å². The number of hydrogen-bond acceptors (Lipinski definition) is 2. The fourth-order valence-corrected chi connectivity index (χ4v) is 6.31. The number of carboxylic acids is 1. The van der Waals surface area contributed by atoms with Crippen LogP contribution < -0.4 is 4.74 Å².